The second-order valence-electron chi connectivity index (χ2n) is 4.32. The van der Waals surface area contributed by atoms with E-state index in [0.717, 1.165) is 21.0 Å². The van der Waals surface area contributed by atoms with Crippen molar-refractivity contribution < 1.29 is 8.76 Å². The van der Waals surface area contributed by atoms with E-state index in [0.29, 0.717) is 5.69 Å². The van der Waals surface area contributed by atoms with Crippen LogP contribution in [0.15, 0.2) is 60.8 Å². The molecule has 3 aromatic rings. The summed E-state index contributed by atoms with van der Waals surface area (Å²) in [5.41, 5.74) is 2.74. The Balaban J connectivity index is 1.85. The van der Waals surface area contributed by atoms with Crippen molar-refractivity contribution in [2.24, 2.45) is 0 Å². The van der Waals surface area contributed by atoms with Crippen LogP contribution in [-0.4, -0.2) is 13.7 Å². The molecule has 0 saturated heterocycles. The molecule has 0 amide bonds. The van der Waals surface area contributed by atoms with Crippen LogP contribution in [0.25, 0.3) is 21.0 Å². The van der Waals surface area contributed by atoms with Crippen molar-refractivity contribution in [3.8, 4) is 21.0 Å². The first kappa shape index (κ1) is 13.9. The number of hydrogen-bond donors (Lipinski definition) is 2. The molecule has 1 atom stereocenters. The number of benzene rings is 2. The van der Waals surface area contributed by atoms with Crippen molar-refractivity contribution in [2.45, 2.75) is 0 Å². The lowest BCUT2D eigenvalue weighted by atomic mass is 10.2. The minimum atomic E-state index is -2.05. The Morgan fingerprint density at radius 3 is 2.38 bits per heavy atom. The first-order valence-electron chi connectivity index (χ1n) is 6.21. The Morgan fingerprint density at radius 2 is 1.71 bits per heavy atom. The van der Waals surface area contributed by atoms with Gasteiger partial charge in [0.25, 0.3) is 11.3 Å². The van der Waals surface area contributed by atoms with Crippen molar-refractivity contribution >= 4 is 28.3 Å². The smallest absolute Gasteiger partial charge is 0.259 e. The molecule has 1 heterocycles. The number of hydrogen-bond acceptors (Lipinski definition) is 3. The van der Waals surface area contributed by atoms with Crippen molar-refractivity contribution in [2.75, 3.05) is 4.72 Å². The molecular formula is C15H12N2O2S2. The second-order valence-corrected chi connectivity index (χ2v) is 6.06. The predicted molar refractivity (Wildman–Crippen MR) is 87.4 cm³/mol. The maximum Gasteiger partial charge on any atom is 0.259 e. The summed E-state index contributed by atoms with van der Waals surface area (Å²) in [6.45, 7) is 0. The van der Waals surface area contributed by atoms with Gasteiger partial charge in [0.15, 0.2) is 0 Å². The van der Waals surface area contributed by atoms with Crippen LogP contribution in [0.3, 0.4) is 0 Å². The third-order valence-corrected chi connectivity index (χ3v) is 4.41. The lowest BCUT2D eigenvalue weighted by molar-refractivity contribution is 0.570. The lowest BCUT2D eigenvalue weighted by Gasteiger charge is -2.02. The molecule has 106 valence electrons. The summed E-state index contributed by atoms with van der Waals surface area (Å²) in [6.07, 6.45) is 1.85. The number of nitrogens with zero attached hydrogens (tertiary/aromatic N) is 1. The quantitative estimate of drug-likeness (QED) is 0.714. The van der Waals surface area contributed by atoms with E-state index in [1.807, 2.05) is 48.7 Å². The highest BCUT2D eigenvalue weighted by atomic mass is 32.2. The van der Waals surface area contributed by atoms with Crippen LogP contribution in [-0.2, 0) is 11.3 Å². The molecule has 2 N–H and O–H groups in total. The zero-order valence-corrected chi connectivity index (χ0v) is 12.5. The zero-order chi connectivity index (χ0) is 14.7. The molecule has 2 aromatic carbocycles. The van der Waals surface area contributed by atoms with Gasteiger partial charge in [-0.1, -0.05) is 42.5 Å². The van der Waals surface area contributed by atoms with Crippen LogP contribution < -0.4 is 4.72 Å². The van der Waals surface area contributed by atoms with Gasteiger partial charge in [-0.05, 0) is 17.7 Å². The highest BCUT2D eigenvalue weighted by Crippen LogP contribution is 2.32. The monoisotopic (exact) mass is 316 g/mol. The van der Waals surface area contributed by atoms with E-state index < -0.39 is 11.3 Å². The van der Waals surface area contributed by atoms with Crippen LogP contribution in [0.1, 0.15) is 0 Å². The van der Waals surface area contributed by atoms with E-state index in [2.05, 4.69) is 9.71 Å². The first-order chi connectivity index (χ1) is 10.2. The highest BCUT2D eigenvalue weighted by molar-refractivity contribution is 7.80. The molecule has 0 saturated carbocycles. The van der Waals surface area contributed by atoms with Crippen molar-refractivity contribution in [1.29, 1.82) is 0 Å². The van der Waals surface area contributed by atoms with Gasteiger partial charge < -0.3 is 0 Å². The zero-order valence-electron chi connectivity index (χ0n) is 10.9. The van der Waals surface area contributed by atoms with Crippen LogP contribution in [0.4, 0.5) is 5.69 Å². The van der Waals surface area contributed by atoms with Gasteiger partial charge in [0, 0.05) is 17.4 Å². The molecule has 4 nitrogen and oxygen atoms in total. The number of aromatic nitrogens is 1. The van der Waals surface area contributed by atoms with Crippen molar-refractivity contribution in [1.82, 2.24) is 4.98 Å². The molecule has 1 unspecified atom stereocenters. The molecular weight excluding hydrogens is 304 g/mol. The average Bonchev–Trinajstić information content (AvgIpc) is 2.98. The molecule has 0 fully saturated rings. The van der Waals surface area contributed by atoms with E-state index in [-0.39, 0.29) is 0 Å². The van der Waals surface area contributed by atoms with Gasteiger partial charge in [-0.15, -0.1) is 11.3 Å². The fourth-order valence-electron chi connectivity index (χ4n) is 1.93. The molecule has 3 rings (SSSR count). The van der Waals surface area contributed by atoms with E-state index >= 15 is 0 Å². The number of nitrogens with one attached hydrogen (secondary N) is 1. The van der Waals surface area contributed by atoms with E-state index in [4.69, 9.17) is 4.55 Å². The molecule has 0 spiro atoms. The first-order valence-corrected chi connectivity index (χ1v) is 8.14. The van der Waals surface area contributed by atoms with Gasteiger partial charge in [0.05, 0.1) is 4.88 Å². The van der Waals surface area contributed by atoms with Crippen LogP contribution in [0.2, 0.25) is 0 Å². The minimum absolute atomic E-state index is 0.604. The summed E-state index contributed by atoms with van der Waals surface area (Å²) in [5.74, 6) is 0. The Bertz CT molecular complexity index is 755. The van der Waals surface area contributed by atoms with Gasteiger partial charge >= 0.3 is 0 Å². The standard InChI is InChI=1S/C15H12N2O2S2/c18-21(19)17-13-8-6-11(7-9-13)14-10-16-15(20-14)12-4-2-1-3-5-12/h1-10,17H,(H,18,19). The molecule has 0 aliphatic heterocycles. The molecule has 6 heteroatoms. The van der Waals surface area contributed by atoms with Crippen LogP contribution >= 0.6 is 11.3 Å². The largest absolute Gasteiger partial charge is 0.289 e. The fourth-order valence-corrected chi connectivity index (χ4v) is 3.19. The maximum absolute atomic E-state index is 10.7. The number of rotatable bonds is 4. The van der Waals surface area contributed by atoms with Crippen molar-refractivity contribution in [3.63, 3.8) is 0 Å². The Hall–Kier alpha value is -2.02. The maximum atomic E-state index is 10.7. The number of anilines is 1. The third-order valence-electron chi connectivity index (χ3n) is 2.90. The molecule has 0 aliphatic carbocycles. The molecule has 0 radical (unpaired) electrons. The Labute approximate surface area is 128 Å². The number of thiazole rings is 1. The van der Waals surface area contributed by atoms with Crippen molar-refractivity contribution in [3.05, 3.63) is 60.8 Å². The lowest BCUT2D eigenvalue weighted by Crippen LogP contribution is -2.01. The topological polar surface area (TPSA) is 62.2 Å². The fraction of sp³-hybridized carbons (Fsp3) is 0. The van der Waals surface area contributed by atoms with Crippen LogP contribution in [0, 0.1) is 0 Å². The summed E-state index contributed by atoms with van der Waals surface area (Å²) in [5, 5.41) is 0.976. The molecule has 0 bridgehead atoms. The van der Waals surface area contributed by atoms with Crippen LogP contribution in [0.5, 0.6) is 0 Å². The molecule has 0 aliphatic rings. The SMILES string of the molecule is O=S(O)Nc1ccc(-c2cnc(-c3ccccc3)s2)cc1. The molecule has 21 heavy (non-hydrogen) atoms. The summed E-state index contributed by atoms with van der Waals surface area (Å²) >= 11 is -0.430. The van der Waals surface area contributed by atoms with E-state index in [1.165, 1.54) is 0 Å². The van der Waals surface area contributed by atoms with E-state index in [9.17, 15) is 4.21 Å². The summed E-state index contributed by atoms with van der Waals surface area (Å²) in [4.78, 5) is 5.51. The third kappa shape index (κ3) is 3.36. The van der Waals surface area contributed by atoms with Gasteiger partial charge in [-0.25, -0.2) is 9.19 Å². The highest BCUT2D eigenvalue weighted by Gasteiger charge is 2.06. The summed E-state index contributed by atoms with van der Waals surface area (Å²) in [6, 6.07) is 17.4. The van der Waals surface area contributed by atoms with Gasteiger partial charge in [0.2, 0.25) is 0 Å². The minimum Gasteiger partial charge on any atom is -0.289 e. The Kier molecular flexibility index (Phi) is 4.10. The summed E-state index contributed by atoms with van der Waals surface area (Å²) < 4.78 is 21.9. The van der Waals surface area contributed by atoms with Gasteiger partial charge in [-0.2, -0.15) is 0 Å². The molecule has 1 aromatic heterocycles. The normalized spacial score (nSPS) is 12.0. The van der Waals surface area contributed by atoms with Gasteiger partial charge in [0.1, 0.15) is 5.01 Å². The predicted octanol–water partition coefficient (Wildman–Crippen LogP) is 4.03. The average molecular weight is 316 g/mol. The van der Waals surface area contributed by atoms with E-state index in [1.54, 1.807) is 23.5 Å². The second kappa shape index (κ2) is 6.17. The van der Waals surface area contributed by atoms with Gasteiger partial charge in [-0.3, -0.25) is 9.27 Å². The Morgan fingerprint density at radius 1 is 1.00 bits per heavy atom. The summed E-state index contributed by atoms with van der Waals surface area (Å²) in [7, 11) is 0.